The van der Waals surface area contributed by atoms with E-state index in [1.807, 2.05) is 0 Å². The fourth-order valence-corrected chi connectivity index (χ4v) is 2.18. The molecule has 0 bridgehead atoms. The normalized spacial score (nSPS) is 13.1. The zero-order valence-electron chi connectivity index (χ0n) is 13.6. The minimum Gasteiger partial charge on any atom is -0.0673 e. The van der Waals surface area contributed by atoms with Crippen molar-refractivity contribution in [3.05, 3.63) is 39.0 Å². The van der Waals surface area contributed by atoms with Crippen molar-refractivity contribution in [1.29, 1.82) is 0 Å². The first-order valence-corrected chi connectivity index (χ1v) is 6.83. The second kappa shape index (κ2) is 4.91. The molecular formula is C18H28. The van der Waals surface area contributed by atoms with Crippen molar-refractivity contribution in [3.63, 3.8) is 0 Å². The lowest BCUT2D eigenvalue weighted by Crippen LogP contribution is -2.07. The monoisotopic (exact) mass is 244 g/mol. The molecule has 0 spiro atoms. The SMILES string of the molecule is C/C(=C\c1c(C)c(C)c(C)c(C)c1C)C(C)(C)C. The second-order valence-corrected chi connectivity index (χ2v) is 6.62. The van der Waals surface area contributed by atoms with Crippen molar-refractivity contribution in [2.45, 2.75) is 62.3 Å². The number of rotatable bonds is 1. The third-order valence-electron chi connectivity index (χ3n) is 4.60. The Balaban J connectivity index is 3.53. The van der Waals surface area contributed by atoms with Crippen LogP contribution >= 0.6 is 0 Å². The first-order valence-electron chi connectivity index (χ1n) is 6.83. The number of allylic oxidation sites excluding steroid dienone is 1. The Morgan fingerprint density at radius 2 is 1.06 bits per heavy atom. The highest BCUT2D eigenvalue weighted by Gasteiger charge is 2.15. The molecule has 0 aliphatic rings. The Labute approximate surface area is 113 Å². The minimum atomic E-state index is 0.242. The lowest BCUT2D eigenvalue weighted by molar-refractivity contribution is 0.508. The van der Waals surface area contributed by atoms with Crippen LogP contribution in [0.2, 0.25) is 0 Å². The first-order chi connectivity index (χ1) is 8.07. The van der Waals surface area contributed by atoms with Gasteiger partial charge in [0, 0.05) is 0 Å². The molecule has 1 aromatic carbocycles. The van der Waals surface area contributed by atoms with Gasteiger partial charge in [-0.15, -0.1) is 0 Å². The molecule has 1 rings (SSSR count). The summed E-state index contributed by atoms with van der Waals surface area (Å²) >= 11 is 0. The highest BCUT2D eigenvalue weighted by atomic mass is 14.2. The van der Waals surface area contributed by atoms with Gasteiger partial charge in [0.2, 0.25) is 0 Å². The first kappa shape index (κ1) is 15.0. The number of hydrogen-bond donors (Lipinski definition) is 0. The van der Waals surface area contributed by atoms with Crippen LogP contribution in [0.3, 0.4) is 0 Å². The Hall–Kier alpha value is -1.04. The maximum absolute atomic E-state index is 2.38. The van der Waals surface area contributed by atoms with Crippen molar-refractivity contribution < 1.29 is 0 Å². The van der Waals surface area contributed by atoms with Gasteiger partial charge in [-0.2, -0.15) is 0 Å². The third-order valence-corrected chi connectivity index (χ3v) is 4.60. The van der Waals surface area contributed by atoms with Gasteiger partial charge in [-0.1, -0.05) is 32.4 Å². The summed E-state index contributed by atoms with van der Waals surface area (Å²) < 4.78 is 0. The van der Waals surface area contributed by atoms with Crippen LogP contribution in [0, 0.1) is 40.0 Å². The molecule has 0 aromatic heterocycles. The Morgan fingerprint density at radius 1 is 0.722 bits per heavy atom. The zero-order valence-corrected chi connectivity index (χ0v) is 13.6. The molecule has 1 aromatic rings. The molecule has 0 nitrogen and oxygen atoms in total. The van der Waals surface area contributed by atoms with E-state index in [9.17, 15) is 0 Å². The second-order valence-electron chi connectivity index (χ2n) is 6.62. The molecule has 0 saturated heterocycles. The molecule has 18 heavy (non-hydrogen) atoms. The molecule has 0 heteroatoms. The van der Waals surface area contributed by atoms with Crippen LogP contribution in [-0.4, -0.2) is 0 Å². The maximum Gasteiger partial charge on any atom is -0.0172 e. The van der Waals surface area contributed by atoms with Gasteiger partial charge < -0.3 is 0 Å². The number of hydrogen-bond acceptors (Lipinski definition) is 0. The Kier molecular flexibility index (Phi) is 4.10. The fraction of sp³-hybridized carbons (Fsp3) is 0.556. The molecule has 0 saturated carbocycles. The van der Waals surface area contributed by atoms with E-state index in [1.54, 1.807) is 0 Å². The molecule has 100 valence electrons. The van der Waals surface area contributed by atoms with Gasteiger partial charge in [-0.3, -0.25) is 0 Å². The maximum atomic E-state index is 2.38. The smallest absolute Gasteiger partial charge is 0.0172 e. The van der Waals surface area contributed by atoms with Crippen LogP contribution < -0.4 is 0 Å². The summed E-state index contributed by atoms with van der Waals surface area (Å²) in [6.07, 6.45) is 2.38. The van der Waals surface area contributed by atoms with Gasteiger partial charge in [0.25, 0.3) is 0 Å². The van der Waals surface area contributed by atoms with E-state index in [0.717, 1.165) is 0 Å². The molecule has 0 heterocycles. The van der Waals surface area contributed by atoms with Crippen molar-refractivity contribution in [3.8, 4) is 0 Å². The van der Waals surface area contributed by atoms with E-state index in [-0.39, 0.29) is 5.41 Å². The lowest BCUT2D eigenvalue weighted by atomic mass is 9.83. The van der Waals surface area contributed by atoms with Crippen molar-refractivity contribution in [2.24, 2.45) is 5.41 Å². The molecule has 0 amide bonds. The zero-order chi connectivity index (χ0) is 14.2. The summed E-state index contributed by atoms with van der Waals surface area (Å²) in [6, 6.07) is 0. The lowest BCUT2D eigenvalue weighted by Gasteiger charge is -2.22. The van der Waals surface area contributed by atoms with Crippen molar-refractivity contribution in [1.82, 2.24) is 0 Å². The van der Waals surface area contributed by atoms with E-state index in [2.05, 4.69) is 68.4 Å². The van der Waals surface area contributed by atoms with E-state index >= 15 is 0 Å². The highest BCUT2D eigenvalue weighted by Crippen LogP contribution is 2.31. The highest BCUT2D eigenvalue weighted by molar-refractivity contribution is 5.65. The van der Waals surface area contributed by atoms with E-state index in [0.29, 0.717) is 0 Å². The quantitative estimate of drug-likeness (QED) is 0.596. The van der Waals surface area contributed by atoms with Crippen LogP contribution in [0.1, 0.15) is 61.1 Å². The predicted molar refractivity (Wildman–Crippen MR) is 83.2 cm³/mol. The molecule has 0 radical (unpaired) electrons. The van der Waals surface area contributed by atoms with Crippen molar-refractivity contribution in [2.75, 3.05) is 0 Å². The summed E-state index contributed by atoms with van der Waals surface area (Å²) in [5, 5.41) is 0. The van der Waals surface area contributed by atoms with Gasteiger partial charge in [0.05, 0.1) is 0 Å². The fourth-order valence-electron chi connectivity index (χ4n) is 2.18. The minimum absolute atomic E-state index is 0.242. The predicted octanol–water partition coefficient (Wildman–Crippen LogP) is 5.68. The molecule has 0 atom stereocenters. The summed E-state index contributed by atoms with van der Waals surface area (Å²) in [7, 11) is 0. The molecule has 0 aliphatic carbocycles. The number of benzene rings is 1. The molecule has 0 unspecified atom stereocenters. The van der Waals surface area contributed by atoms with Gasteiger partial charge in [0.1, 0.15) is 0 Å². The molecular weight excluding hydrogens is 216 g/mol. The molecule has 0 N–H and O–H groups in total. The van der Waals surface area contributed by atoms with Crippen molar-refractivity contribution >= 4 is 6.08 Å². The average molecular weight is 244 g/mol. The van der Waals surface area contributed by atoms with E-state index in [1.165, 1.54) is 39.0 Å². The van der Waals surface area contributed by atoms with Crippen LogP contribution in [0.25, 0.3) is 6.08 Å². The van der Waals surface area contributed by atoms with Crippen LogP contribution in [0.15, 0.2) is 5.57 Å². The van der Waals surface area contributed by atoms with Gasteiger partial charge in [0.15, 0.2) is 0 Å². The van der Waals surface area contributed by atoms with Gasteiger partial charge in [-0.25, -0.2) is 0 Å². The summed E-state index contributed by atoms with van der Waals surface area (Å²) in [5.41, 5.74) is 10.3. The van der Waals surface area contributed by atoms with Crippen LogP contribution in [-0.2, 0) is 0 Å². The average Bonchev–Trinajstić information content (AvgIpc) is 2.28. The standard InChI is InChI=1S/C18H28/c1-11(18(7,8)9)10-17-15(5)13(3)12(2)14(4)16(17)6/h10H,1-9H3/b11-10+. The third kappa shape index (κ3) is 2.68. The Bertz CT molecular complexity index is 465. The summed E-state index contributed by atoms with van der Waals surface area (Å²) in [6.45, 7) is 20.3. The Morgan fingerprint density at radius 3 is 1.39 bits per heavy atom. The largest absolute Gasteiger partial charge is 0.0673 e. The summed E-state index contributed by atoms with van der Waals surface area (Å²) in [4.78, 5) is 0. The topological polar surface area (TPSA) is 0 Å². The van der Waals surface area contributed by atoms with Gasteiger partial charge >= 0.3 is 0 Å². The van der Waals surface area contributed by atoms with E-state index < -0.39 is 0 Å². The molecule has 0 fully saturated rings. The van der Waals surface area contributed by atoms with Crippen LogP contribution in [0.5, 0.6) is 0 Å². The van der Waals surface area contributed by atoms with Gasteiger partial charge in [-0.05, 0) is 80.3 Å². The van der Waals surface area contributed by atoms with Crippen LogP contribution in [0.4, 0.5) is 0 Å². The molecule has 0 aliphatic heterocycles. The van der Waals surface area contributed by atoms with E-state index in [4.69, 9.17) is 0 Å². The summed E-state index contributed by atoms with van der Waals surface area (Å²) in [5.74, 6) is 0.